The van der Waals surface area contributed by atoms with Gasteiger partial charge in [-0.15, -0.1) is 0 Å². The van der Waals surface area contributed by atoms with E-state index >= 15 is 0 Å². The average molecular weight is 488 g/mol. The Bertz CT molecular complexity index is 1660. The summed E-state index contributed by atoms with van der Waals surface area (Å²) in [6, 6.07) is 23.1. The molecule has 0 radical (unpaired) electrons. The fourth-order valence-corrected chi connectivity index (χ4v) is 6.31. The van der Waals surface area contributed by atoms with E-state index in [0.717, 1.165) is 63.2 Å². The number of nitrogens with two attached hydrogens (primary N) is 1. The number of fused-ring (bicyclic) bond motifs is 3. The summed E-state index contributed by atoms with van der Waals surface area (Å²) in [4.78, 5) is 9.90. The number of pyridine rings is 1. The number of rotatable bonds is 5. The molecule has 3 N–H and O–H groups in total. The predicted octanol–water partition coefficient (Wildman–Crippen LogP) is 5.58. The van der Waals surface area contributed by atoms with Gasteiger partial charge < -0.3 is 10.8 Å². The van der Waals surface area contributed by atoms with Gasteiger partial charge in [0, 0.05) is 40.2 Å². The van der Waals surface area contributed by atoms with Crippen molar-refractivity contribution in [3.05, 3.63) is 84.2 Å². The van der Waals surface area contributed by atoms with Gasteiger partial charge in [0.05, 0.1) is 17.0 Å². The normalized spacial score (nSPS) is 25.5. The first-order valence-electron chi connectivity index (χ1n) is 13.4. The van der Waals surface area contributed by atoms with Crippen molar-refractivity contribution in [2.75, 3.05) is 0 Å². The Morgan fingerprint density at radius 1 is 0.892 bits per heavy atom. The zero-order valence-corrected chi connectivity index (χ0v) is 20.6. The van der Waals surface area contributed by atoms with Crippen LogP contribution in [0.4, 0.5) is 0 Å². The van der Waals surface area contributed by atoms with Crippen molar-refractivity contribution >= 4 is 16.7 Å². The van der Waals surface area contributed by atoms with Crippen LogP contribution in [0.1, 0.15) is 55.7 Å². The van der Waals surface area contributed by atoms with Gasteiger partial charge in [0.15, 0.2) is 11.3 Å². The van der Waals surface area contributed by atoms with Crippen molar-refractivity contribution in [2.45, 2.75) is 55.6 Å². The lowest BCUT2D eigenvalue weighted by atomic mass is 9.60. The summed E-state index contributed by atoms with van der Waals surface area (Å²) in [5.74, 6) is 0.993. The summed E-state index contributed by atoms with van der Waals surface area (Å²) >= 11 is 0. The molecule has 0 amide bonds. The van der Waals surface area contributed by atoms with Gasteiger partial charge in [0.2, 0.25) is 0 Å². The molecule has 3 aliphatic rings. The predicted molar refractivity (Wildman–Crippen MR) is 144 cm³/mol. The van der Waals surface area contributed by atoms with Crippen LogP contribution in [0.15, 0.2) is 72.9 Å². The van der Waals surface area contributed by atoms with Gasteiger partial charge in [-0.05, 0) is 61.6 Å². The minimum absolute atomic E-state index is 0.438. The van der Waals surface area contributed by atoms with Crippen LogP contribution in [0.3, 0.4) is 0 Å². The molecule has 0 aliphatic heterocycles. The fraction of sp³-hybridized carbons (Fsp3) is 0.323. The number of aliphatic hydroxyl groups is 1. The molecule has 0 unspecified atom stereocenters. The molecule has 8 rings (SSSR count). The van der Waals surface area contributed by atoms with E-state index in [0.29, 0.717) is 24.7 Å². The summed E-state index contributed by atoms with van der Waals surface area (Å²) < 4.78 is 1.90. The first-order valence-corrected chi connectivity index (χ1v) is 13.4. The molecule has 6 heteroatoms. The van der Waals surface area contributed by atoms with Gasteiger partial charge in [-0.3, -0.25) is 0 Å². The summed E-state index contributed by atoms with van der Waals surface area (Å²) in [6.07, 6.45) is 7.84. The number of benzene rings is 2. The summed E-state index contributed by atoms with van der Waals surface area (Å²) in [6.45, 7) is 0. The Morgan fingerprint density at radius 2 is 1.65 bits per heavy atom. The van der Waals surface area contributed by atoms with Crippen LogP contribution in [-0.4, -0.2) is 30.3 Å². The lowest BCUT2D eigenvalue weighted by Gasteiger charge is -2.52. The zero-order chi connectivity index (χ0) is 24.8. The second kappa shape index (κ2) is 7.46. The Labute approximate surface area is 215 Å². The summed E-state index contributed by atoms with van der Waals surface area (Å²) in [5.41, 5.74) is 13.7. The molecule has 3 aromatic heterocycles. The Kier molecular flexibility index (Phi) is 4.33. The van der Waals surface area contributed by atoms with Crippen molar-refractivity contribution in [3.8, 4) is 22.4 Å². The minimum atomic E-state index is -0.573. The van der Waals surface area contributed by atoms with Crippen LogP contribution in [0.5, 0.6) is 0 Å². The molecule has 3 aliphatic carbocycles. The third kappa shape index (κ3) is 3.43. The number of aromatic nitrogens is 4. The number of hydrogen-bond acceptors (Lipinski definition) is 5. The highest BCUT2D eigenvalue weighted by atomic mass is 16.3. The third-order valence-corrected chi connectivity index (χ3v) is 8.67. The van der Waals surface area contributed by atoms with Gasteiger partial charge >= 0.3 is 0 Å². The van der Waals surface area contributed by atoms with Gasteiger partial charge in [0.25, 0.3) is 0 Å². The summed E-state index contributed by atoms with van der Waals surface area (Å²) in [7, 11) is 0. The van der Waals surface area contributed by atoms with Crippen molar-refractivity contribution < 1.29 is 5.11 Å². The molecular formula is C31H29N5O. The van der Waals surface area contributed by atoms with E-state index in [4.69, 9.17) is 15.8 Å². The second-order valence-electron chi connectivity index (χ2n) is 11.5. The van der Waals surface area contributed by atoms with Crippen LogP contribution in [-0.2, 0) is 5.54 Å². The molecule has 0 spiro atoms. The molecule has 6 nitrogen and oxygen atoms in total. The topological polar surface area (TPSA) is 89.3 Å². The van der Waals surface area contributed by atoms with Crippen LogP contribution >= 0.6 is 0 Å². The van der Waals surface area contributed by atoms with Crippen LogP contribution in [0.25, 0.3) is 39.1 Å². The quantitative estimate of drug-likeness (QED) is 0.338. The van der Waals surface area contributed by atoms with Crippen LogP contribution in [0.2, 0.25) is 0 Å². The SMILES string of the molecule is N[C@]1(c2ccc(-c3nc4c(cnc5cc(C6CC6)nn54)cc3-c3ccccc3)cc2)C[C@](O)(C2CC2)C1. The highest BCUT2D eigenvalue weighted by Gasteiger charge is 2.58. The van der Waals surface area contributed by atoms with E-state index in [2.05, 4.69) is 65.6 Å². The van der Waals surface area contributed by atoms with E-state index < -0.39 is 11.1 Å². The Morgan fingerprint density at radius 3 is 2.35 bits per heavy atom. The molecule has 0 atom stereocenters. The summed E-state index contributed by atoms with van der Waals surface area (Å²) in [5, 5.41) is 16.7. The molecule has 3 saturated carbocycles. The van der Waals surface area contributed by atoms with E-state index in [1.165, 1.54) is 12.8 Å². The van der Waals surface area contributed by atoms with Gasteiger partial charge in [-0.25, -0.2) is 9.97 Å². The van der Waals surface area contributed by atoms with Crippen molar-refractivity contribution in [1.82, 2.24) is 19.6 Å². The number of nitrogens with zero attached hydrogens (tertiary/aromatic N) is 4. The Hall–Kier alpha value is -3.61. The lowest BCUT2D eigenvalue weighted by Crippen LogP contribution is -2.60. The molecule has 3 fully saturated rings. The van der Waals surface area contributed by atoms with Crippen molar-refractivity contribution in [1.29, 1.82) is 0 Å². The van der Waals surface area contributed by atoms with Gasteiger partial charge in [-0.2, -0.15) is 9.61 Å². The Balaban J connectivity index is 1.24. The van der Waals surface area contributed by atoms with E-state index in [9.17, 15) is 5.11 Å². The largest absolute Gasteiger partial charge is 0.389 e. The first-order chi connectivity index (χ1) is 18.0. The average Bonchev–Trinajstić information content (AvgIpc) is 3.84. The van der Waals surface area contributed by atoms with Gasteiger partial charge in [0.1, 0.15) is 0 Å². The molecular weight excluding hydrogens is 458 g/mol. The van der Waals surface area contributed by atoms with Crippen molar-refractivity contribution in [2.24, 2.45) is 11.7 Å². The molecule has 5 aromatic rings. The lowest BCUT2D eigenvalue weighted by molar-refractivity contribution is -0.106. The standard InChI is InChI=1S/C31H29N5O/c32-30(17-31(37,18-30)24-12-13-24)23-10-8-21(9-11-23)28-25(19-4-2-1-3-5-19)14-22-16-33-27-15-26(20-6-7-20)35-36(27)29(22)34-28/h1-5,8-11,14-16,20,24,37H,6-7,12-13,17-18,32H2/t30-,31-. The maximum Gasteiger partial charge on any atom is 0.165 e. The minimum Gasteiger partial charge on any atom is -0.389 e. The van der Waals surface area contributed by atoms with Crippen LogP contribution in [0, 0.1) is 5.92 Å². The molecule has 2 aromatic carbocycles. The fourth-order valence-electron chi connectivity index (χ4n) is 6.31. The highest BCUT2D eigenvalue weighted by Crippen LogP contribution is 2.57. The van der Waals surface area contributed by atoms with Crippen molar-refractivity contribution in [3.63, 3.8) is 0 Å². The molecule has 184 valence electrons. The van der Waals surface area contributed by atoms with E-state index in [1.807, 2.05) is 16.8 Å². The zero-order valence-electron chi connectivity index (χ0n) is 20.6. The smallest absolute Gasteiger partial charge is 0.165 e. The van der Waals surface area contributed by atoms with Gasteiger partial charge in [-0.1, -0.05) is 54.6 Å². The molecule has 3 heterocycles. The monoisotopic (exact) mass is 487 g/mol. The molecule has 37 heavy (non-hydrogen) atoms. The highest BCUT2D eigenvalue weighted by molar-refractivity contribution is 5.90. The third-order valence-electron chi connectivity index (χ3n) is 8.67. The molecule has 0 bridgehead atoms. The maximum absolute atomic E-state index is 10.9. The number of hydrogen-bond donors (Lipinski definition) is 2. The molecule has 0 saturated heterocycles. The van der Waals surface area contributed by atoms with E-state index in [1.54, 1.807) is 0 Å². The van der Waals surface area contributed by atoms with Crippen LogP contribution < -0.4 is 5.73 Å². The maximum atomic E-state index is 10.9. The van der Waals surface area contributed by atoms with E-state index in [-0.39, 0.29) is 0 Å². The first kappa shape index (κ1) is 21.5. The second-order valence-corrected chi connectivity index (χ2v) is 11.5.